The Balaban J connectivity index is 1.64. The van der Waals surface area contributed by atoms with E-state index in [0.717, 1.165) is 16.8 Å². The van der Waals surface area contributed by atoms with Crippen LogP contribution in [0, 0.1) is 20.8 Å². The van der Waals surface area contributed by atoms with E-state index >= 15 is 0 Å². The number of amides is 1. The summed E-state index contributed by atoms with van der Waals surface area (Å²) in [6.07, 6.45) is 0. The van der Waals surface area contributed by atoms with Crippen molar-refractivity contribution in [3.05, 3.63) is 76.5 Å². The summed E-state index contributed by atoms with van der Waals surface area (Å²) in [5.74, 6) is -0.871. The number of para-hydroxylation sites is 1. The van der Waals surface area contributed by atoms with Gasteiger partial charge in [0.05, 0.1) is 17.1 Å². The van der Waals surface area contributed by atoms with Crippen molar-refractivity contribution in [1.82, 2.24) is 10.3 Å². The Morgan fingerprint density at radius 1 is 1.04 bits per heavy atom. The predicted octanol–water partition coefficient (Wildman–Crippen LogP) is 4.19. The first-order chi connectivity index (χ1) is 13.3. The molecule has 1 atom stereocenters. The Bertz CT molecular complexity index is 1040. The van der Waals surface area contributed by atoms with Crippen LogP contribution in [-0.2, 0) is 9.53 Å². The molecule has 0 fully saturated rings. The molecule has 0 unspecified atom stereocenters. The van der Waals surface area contributed by atoms with Crippen molar-refractivity contribution in [3.8, 4) is 0 Å². The maximum atomic E-state index is 12.5. The molecule has 3 rings (SSSR count). The van der Waals surface area contributed by atoms with Gasteiger partial charge in [-0.15, -0.1) is 0 Å². The molecule has 144 valence electrons. The van der Waals surface area contributed by atoms with Crippen molar-refractivity contribution in [3.63, 3.8) is 0 Å². The number of aromatic nitrogens is 1. The molecule has 0 aliphatic rings. The predicted molar refractivity (Wildman–Crippen MR) is 109 cm³/mol. The SMILES string of the molecule is Cc1cc(C(=O)OCC(=O)N[C@@H](C)c2ccc(C)c(C)c2)c2ccccc2n1. The van der Waals surface area contributed by atoms with Crippen molar-refractivity contribution in [2.75, 3.05) is 6.61 Å². The lowest BCUT2D eigenvalue weighted by atomic mass is 10.0. The monoisotopic (exact) mass is 376 g/mol. The number of ether oxygens (including phenoxy) is 1. The summed E-state index contributed by atoms with van der Waals surface area (Å²) in [6, 6.07) is 15.0. The smallest absolute Gasteiger partial charge is 0.339 e. The topological polar surface area (TPSA) is 68.3 Å². The lowest BCUT2D eigenvalue weighted by Gasteiger charge is -2.16. The second kappa shape index (κ2) is 8.21. The number of rotatable bonds is 5. The summed E-state index contributed by atoms with van der Waals surface area (Å²) in [5.41, 5.74) is 5.25. The van der Waals surface area contributed by atoms with Gasteiger partial charge in [-0.3, -0.25) is 9.78 Å². The van der Waals surface area contributed by atoms with Gasteiger partial charge in [0.15, 0.2) is 6.61 Å². The van der Waals surface area contributed by atoms with Gasteiger partial charge in [0.25, 0.3) is 5.91 Å². The van der Waals surface area contributed by atoms with Crippen LogP contribution >= 0.6 is 0 Å². The van der Waals surface area contributed by atoms with E-state index in [2.05, 4.69) is 16.4 Å². The molecule has 0 saturated heterocycles. The lowest BCUT2D eigenvalue weighted by Crippen LogP contribution is -2.31. The maximum absolute atomic E-state index is 12.5. The van der Waals surface area contributed by atoms with E-state index in [0.29, 0.717) is 10.9 Å². The van der Waals surface area contributed by atoms with Crippen LogP contribution in [-0.4, -0.2) is 23.5 Å². The van der Waals surface area contributed by atoms with Crippen molar-refractivity contribution in [1.29, 1.82) is 0 Å². The molecule has 3 aromatic rings. The third-order valence-corrected chi connectivity index (χ3v) is 4.81. The van der Waals surface area contributed by atoms with Gasteiger partial charge in [-0.2, -0.15) is 0 Å². The summed E-state index contributed by atoms with van der Waals surface area (Å²) >= 11 is 0. The van der Waals surface area contributed by atoms with Crippen LogP contribution in [0.1, 0.15) is 45.7 Å². The highest BCUT2D eigenvalue weighted by molar-refractivity contribution is 6.04. The summed E-state index contributed by atoms with van der Waals surface area (Å²) in [4.78, 5) is 29.2. The fourth-order valence-corrected chi connectivity index (χ4v) is 3.09. The Kier molecular flexibility index (Phi) is 5.73. The summed E-state index contributed by atoms with van der Waals surface area (Å²) in [6.45, 7) is 7.48. The Hall–Kier alpha value is -3.21. The first kappa shape index (κ1) is 19.5. The van der Waals surface area contributed by atoms with E-state index in [4.69, 9.17) is 4.74 Å². The lowest BCUT2D eigenvalue weighted by molar-refractivity contribution is -0.124. The molecule has 0 aliphatic heterocycles. The van der Waals surface area contributed by atoms with Crippen LogP contribution in [0.5, 0.6) is 0 Å². The molecule has 1 amide bonds. The summed E-state index contributed by atoms with van der Waals surface area (Å²) in [5, 5.41) is 3.58. The highest BCUT2D eigenvalue weighted by Gasteiger charge is 2.16. The quantitative estimate of drug-likeness (QED) is 0.678. The van der Waals surface area contributed by atoms with Crippen LogP contribution in [0.3, 0.4) is 0 Å². The van der Waals surface area contributed by atoms with Gasteiger partial charge in [0, 0.05) is 11.1 Å². The van der Waals surface area contributed by atoms with Crippen molar-refractivity contribution in [2.24, 2.45) is 0 Å². The number of esters is 1. The molecule has 0 aliphatic carbocycles. The van der Waals surface area contributed by atoms with Crippen LogP contribution in [0.2, 0.25) is 0 Å². The van der Waals surface area contributed by atoms with Crippen LogP contribution in [0.15, 0.2) is 48.5 Å². The number of nitrogens with zero attached hydrogens (tertiary/aromatic N) is 1. The molecule has 5 nitrogen and oxygen atoms in total. The highest BCUT2D eigenvalue weighted by atomic mass is 16.5. The standard InChI is InChI=1S/C23H24N2O3/c1-14-9-10-18(11-15(14)2)17(4)25-22(26)13-28-23(27)20-12-16(3)24-21-8-6-5-7-19(20)21/h5-12,17H,13H2,1-4H3,(H,25,26)/t17-/m0/s1. The summed E-state index contributed by atoms with van der Waals surface area (Å²) in [7, 11) is 0. The highest BCUT2D eigenvalue weighted by Crippen LogP contribution is 2.19. The van der Waals surface area contributed by atoms with Gasteiger partial charge in [-0.25, -0.2) is 4.79 Å². The van der Waals surface area contributed by atoms with Crippen molar-refractivity contribution in [2.45, 2.75) is 33.7 Å². The van der Waals surface area contributed by atoms with Gasteiger partial charge in [0.2, 0.25) is 0 Å². The molecule has 0 saturated carbocycles. The van der Waals surface area contributed by atoms with E-state index in [-0.39, 0.29) is 18.6 Å². The van der Waals surface area contributed by atoms with Crippen molar-refractivity contribution < 1.29 is 14.3 Å². The zero-order chi connectivity index (χ0) is 20.3. The van der Waals surface area contributed by atoms with Gasteiger partial charge in [-0.1, -0.05) is 36.4 Å². The number of aryl methyl sites for hydroxylation is 3. The van der Waals surface area contributed by atoms with Gasteiger partial charge >= 0.3 is 5.97 Å². The van der Waals surface area contributed by atoms with E-state index in [9.17, 15) is 9.59 Å². The minimum atomic E-state index is -0.532. The Morgan fingerprint density at radius 2 is 1.79 bits per heavy atom. The largest absolute Gasteiger partial charge is 0.452 e. The van der Waals surface area contributed by atoms with Gasteiger partial charge in [-0.05, 0) is 56.5 Å². The average molecular weight is 376 g/mol. The average Bonchev–Trinajstić information content (AvgIpc) is 2.67. The maximum Gasteiger partial charge on any atom is 0.339 e. The van der Waals surface area contributed by atoms with E-state index in [1.54, 1.807) is 6.07 Å². The van der Waals surface area contributed by atoms with Crippen LogP contribution in [0.25, 0.3) is 10.9 Å². The summed E-state index contributed by atoms with van der Waals surface area (Å²) < 4.78 is 5.25. The first-order valence-corrected chi connectivity index (χ1v) is 9.25. The number of hydrogen-bond acceptors (Lipinski definition) is 4. The third kappa shape index (κ3) is 4.36. The van der Waals surface area contributed by atoms with Gasteiger partial charge < -0.3 is 10.1 Å². The Morgan fingerprint density at radius 3 is 2.54 bits per heavy atom. The molecule has 0 bridgehead atoms. The van der Waals surface area contributed by atoms with E-state index in [1.165, 1.54) is 11.1 Å². The molecule has 0 radical (unpaired) electrons. The molecular weight excluding hydrogens is 352 g/mol. The molecule has 0 spiro atoms. The number of fused-ring (bicyclic) bond motifs is 1. The first-order valence-electron chi connectivity index (χ1n) is 9.25. The minimum Gasteiger partial charge on any atom is -0.452 e. The second-order valence-corrected chi connectivity index (χ2v) is 7.04. The third-order valence-electron chi connectivity index (χ3n) is 4.81. The zero-order valence-electron chi connectivity index (χ0n) is 16.6. The van der Waals surface area contributed by atoms with Gasteiger partial charge in [0.1, 0.15) is 0 Å². The van der Waals surface area contributed by atoms with Crippen LogP contribution < -0.4 is 5.32 Å². The molecule has 1 heterocycles. The van der Waals surface area contributed by atoms with E-state index in [1.807, 2.05) is 64.1 Å². The normalized spacial score (nSPS) is 11.9. The van der Waals surface area contributed by atoms with Crippen LogP contribution in [0.4, 0.5) is 0 Å². The fourth-order valence-electron chi connectivity index (χ4n) is 3.09. The molecule has 1 N–H and O–H groups in total. The number of hydrogen-bond donors (Lipinski definition) is 1. The molecule has 2 aromatic carbocycles. The van der Waals surface area contributed by atoms with E-state index < -0.39 is 5.97 Å². The number of pyridine rings is 1. The number of carbonyl (C=O) groups is 2. The molecule has 5 heteroatoms. The Labute approximate surface area is 164 Å². The number of nitrogens with one attached hydrogen (secondary N) is 1. The number of benzene rings is 2. The zero-order valence-corrected chi connectivity index (χ0v) is 16.6. The molecule has 28 heavy (non-hydrogen) atoms. The number of carbonyl (C=O) groups excluding carboxylic acids is 2. The minimum absolute atomic E-state index is 0.172. The fraction of sp³-hybridized carbons (Fsp3) is 0.261. The molecule has 1 aromatic heterocycles. The second-order valence-electron chi connectivity index (χ2n) is 7.04. The molecular formula is C23H24N2O3. The van der Waals surface area contributed by atoms with Crippen molar-refractivity contribution >= 4 is 22.8 Å².